The summed E-state index contributed by atoms with van der Waals surface area (Å²) in [5.41, 5.74) is 3.80. The van der Waals surface area contributed by atoms with E-state index in [1.807, 2.05) is 60.4 Å². The van der Waals surface area contributed by atoms with Crippen LogP contribution in [0.4, 0.5) is 5.69 Å². The van der Waals surface area contributed by atoms with Gasteiger partial charge in [0.05, 0.1) is 25.0 Å². The van der Waals surface area contributed by atoms with E-state index in [0.717, 1.165) is 27.4 Å². The Morgan fingerprint density at radius 2 is 1.77 bits per heavy atom. The minimum absolute atomic E-state index is 0.276. The Balaban J connectivity index is 1.88. The molecule has 1 aliphatic rings. The summed E-state index contributed by atoms with van der Waals surface area (Å²) in [5, 5.41) is 18.8. The van der Waals surface area contributed by atoms with E-state index in [9.17, 15) is 4.79 Å². The predicted octanol–water partition coefficient (Wildman–Crippen LogP) is 3.13. The Hall–Kier alpha value is -3.94. The van der Waals surface area contributed by atoms with Crippen molar-refractivity contribution >= 4 is 23.5 Å². The fourth-order valence-electron chi connectivity index (χ4n) is 3.23. The van der Waals surface area contributed by atoms with Gasteiger partial charge in [0.15, 0.2) is 5.84 Å². The summed E-state index contributed by atoms with van der Waals surface area (Å²) in [7, 11) is 0. The summed E-state index contributed by atoms with van der Waals surface area (Å²) in [6, 6.07) is 19.4. The van der Waals surface area contributed by atoms with E-state index >= 15 is 0 Å². The molecule has 1 heterocycles. The number of hydrazine groups is 1. The molecule has 0 atom stereocenters. The Morgan fingerprint density at radius 1 is 1.10 bits per heavy atom. The van der Waals surface area contributed by atoms with Crippen LogP contribution in [0.5, 0.6) is 0 Å². The molecule has 0 bridgehead atoms. The second-order valence-electron chi connectivity index (χ2n) is 6.85. The van der Waals surface area contributed by atoms with Gasteiger partial charge in [-0.05, 0) is 36.3 Å². The Morgan fingerprint density at radius 3 is 2.37 bits per heavy atom. The van der Waals surface area contributed by atoms with Gasteiger partial charge in [-0.3, -0.25) is 4.79 Å². The summed E-state index contributed by atoms with van der Waals surface area (Å²) < 4.78 is 0. The van der Waals surface area contributed by atoms with Crippen LogP contribution < -0.4 is 10.7 Å². The highest BCUT2D eigenvalue weighted by molar-refractivity contribution is 6.19. The SMILES string of the molecule is Cc1cc(N(CCC#N)CCC#N)ccc1/C=C1/N=C(c2ccccc2)N(N)C1=O. The summed E-state index contributed by atoms with van der Waals surface area (Å²) in [4.78, 5) is 19.0. The maximum absolute atomic E-state index is 12.6. The maximum Gasteiger partial charge on any atom is 0.292 e. The number of aliphatic imine (C=N–C) groups is 1. The van der Waals surface area contributed by atoms with Crippen molar-refractivity contribution in [2.45, 2.75) is 19.8 Å². The molecule has 0 saturated heterocycles. The zero-order valence-electron chi connectivity index (χ0n) is 16.7. The number of amides is 1. The first-order valence-corrected chi connectivity index (χ1v) is 9.59. The zero-order chi connectivity index (χ0) is 21.5. The Bertz CT molecular complexity index is 1060. The van der Waals surface area contributed by atoms with E-state index in [1.54, 1.807) is 6.08 Å². The number of nitrogens with two attached hydrogens (primary N) is 1. The molecule has 0 fully saturated rings. The van der Waals surface area contributed by atoms with Crippen molar-refractivity contribution in [3.63, 3.8) is 0 Å². The van der Waals surface area contributed by atoms with E-state index in [1.165, 1.54) is 0 Å². The second-order valence-corrected chi connectivity index (χ2v) is 6.85. The fourth-order valence-corrected chi connectivity index (χ4v) is 3.23. The van der Waals surface area contributed by atoms with Crippen LogP contribution in [-0.4, -0.2) is 29.8 Å². The maximum atomic E-state index is 12.6. The van der Waals surface area contributed by atoms with Gasteiger partial charge in [0.25, 0.3) is 5.91 Å². The molecule has 0 saturated carbocycles. The van der Waals surface area contributed by atoms with Gasteiger partial charge < -0.3 is 4.90 Å². The number of benzene rings is 2. The minimum Gasteiger partial charge on any atom is -0.369 e. The van der Waals surface area contributed by atoms with Crippen molar-refractivity contribution < 1.29 is 4.79 Å². The second kappa shape index (κ2) is 9.51. The highest BCUT2D eigenvalue weighted by Gasteiger charge is 2.28. The third-order valence-corrected chi connectivity index (χ3v) is 4.82. The monoisotopic (exact) mass is 398 g/mol. The number of nitrogens with zero attached hydrogens (tertiary/aromatic N) is 5. The van der Waals surface area contributed by atoms with Crippen LogP contribution in [0.1, 0.15) is 29.5 Å². The van der Waals surface area contributed by atoms with Gasteiger partial charge in [0.2, 0.25) is 0 Å². The lowest BCUT2D eigenvalue weighted by Gasteiger charge is -2.23. The minimum atomic E-state index is -0.359. The quantitative estimate of drug-likeness (QED) is 0.438. The first-order valence-electron chi connectivity index (χ1n) is 9.59. The number of hydrogen-bond donors (Lipinski definition) is 1. The molecule has 150 valence electrons. The molecule has 0 radical (unpaired) electrons. The number of aryl methyl sites for hydroxylation is 1. The van der Waals surface area contributed by atoms with Crippen molar-refractivity contribution in [2.24, 2.45) is 10.8 Å². The van der Waals surface area contributed by atoms with Crippen LogP contribution in [-0.2, 0) is 4.79 Å². The van der Waals surface area contributed by atoms with Crippen molar-refractivity contribution in [1.82, 2.24) is 5.01 Å². The molecular weight excluding hydrogens is 376 g/mol. The molecule has 2 N–H and O–H groups in total. The zero-order valence-corrected chi connectivity index (χ0v) is 16.7. The predicted molar refractivity (Wildman–Crippen MR) is 116 cm³/mol. The van der Waals surface area contributed by atoms with Gasteiger partial charge in [-0.25, -0.2) is 15.8 Å². The average molecular weight is 398 g/mol. The number of rotatable bonds is 7. The smallest absolute Gasteiger partial charge is 0.292 e. The molecule has 0 aliphatic carbocycles. The van der Waals surface area contributed by atoms with Crippen molar-refractivity contribution in [1.29, 1.82) is 10.5 Å². The van der Waals surface area contributed by atoms with Crippen molar-refractivity contribution in [2.75, 3.05) is 18.0 Å². The first-order chi connectivity index (χ1) is 14.5. The molecule has 1 amide bonds. The van der Waals surface area contributed by atoms with Crippen LogP contribution in [0.25, 0.3) is 6.08 Å². The highest BCUT2D eigenvalue weighted by Crippen LogP contribution is 2.24. The van der Waals surface area contributed by atoms with Gasteiger partial charge in [0.1, 0.15) is 5.70 Å². The Labute approximate surface area is 175 Å². The van der Waals surface area contributed by atoms with Gasteiger partial charge >= 0.3 is 0 Å². The van der Waals surface area contributed by atoms with E-state index < -0.39 is 0 Å². The normalized spacial score (nSPS) is 14.4. The molecular formula is C23H22N6O. The third-order valence-electron chi connectivity index (χ3n) is 4.82. The molecule has 2 aromatic carbocycles. The summed E-state index contributed by atoms with van der Waals surface area (Å²) in [6.45, 7) is 3.07. The topological polar surface area (TPSA) is 110 Å². The van der Waals surface area contributed by atoms with Crippen LogP contribution in [0, 0.1) is 29.6 Å². The molecule has 30 heavy (non-hydrogen) atoms. The van der Waals surface area contributed by atoms with E-state index in [-0.39, 0.29) is 11.6 Å². The highest BCUT2D eigenvalue weighted by atomic mass is 16.2. The van der Waals surface area contributed by atoms with Gasteiger partial charge in [-0.1, -0.05) is 36.4 Å². The molecule has 2 aromatic rings. The molecule has 1 aliphatic heterocycles. The van der Waals surface area contributed by atoms with E-state index in [4.69, 9.17) is 16.4 Å². The lowest BCUT2D eigenvalue weighted by atomic mass is 10.1. The van der Waals surface area contributed by atoms with Crippen molar-refractivity contribution in [3.8, 4) is 12.1 Å². The molecule has 0 aromatic heterocycles. The summed E-state index contributed by atoms with van der Waals surface area (Å²) in [5.74, 6) is 6.00. The van der Waals surface area contributed by atoms with Crippen LogP contribution >= 0.6 is 0 Å². The largest absolute Gasteiger partial charge is 0.369 e. The van der Waals surface area contributed by atoms with Crippen LogP contribution in [0.15, 0.2) is 59.2 Å². The number of anilines is 1. The number of nitriles is 2. The lowest BCUT2D eigenvalue weighted by molar-refractivity contribution is -0.122. The van der Waals surface area contributed by atoms with Gasteiger partial charge in [-0.15, -0.1) is 0 Å². The number of amidine groups is 1. The van der Waals surface area contributed by atoms with Crippen LogP contribution in [0.2, 0.25) is 0 Å². The first kappa shape index (κ1) is 20.8. The number of carbonyl (C=O) groups is 1. The van der Waals surface area contributed by atoms with Gasteiger partial charge in [0, 0.05) is 24.3 Å². The molecule has 7 heteroatoms. The van der Waals surface area contributed by atoms with Crippen LogP contribution in [0.3, 0.4) is 0 Å². The molecule has 3 rings (SSSR count). The molecule has 7 nitrogen and oxygen atoms in total. The summed E-state index contributed by atoms with van der Waals surface area (Å²) in [6.07, 6.45) is 2.49. The van der Waals surface area contributed by atoms with E-state index in [2.05, 4.69) is 17.1 Å². The molecule has 0 unspecified atom stereocenters. The number of carbonyl (C=O) groups excluding carboxylic acids is 1. The average Bonchev–Trinajstić information content (AvgIpc) is 3.04. The number of hydrogen-bond acceptors (Lipinski definition) is 6. The van der Waals surface area contributed by atoms with Crippen molar-refractivity contribution in [3.05, 3.63) is 70.9 Å². The lowest BCUT2D eigenvalue weighted by Crippen LogP contribution is -2.38. The standard InChI is InChI=1S/C23H22N6O/c1-17-15-20(28(13-5-11-24)14-6-12-25)10-9-19(17)16-21-23(30)29(26)22(27-21)18-7-3-2-4-8-18/h2-4,7-10,15-16H,5-6,13-14,26H2,1H3/b21-16+. The molecule has 0 spiro atoms. The third kappa shape index (κ3) is 4.54. The summed E-state index contributed by atoms with van der Waals surface area (Å²) >= 11 is 0. The van der Waals surface area contributed by atoms with Gasteiger partial charge in [-0.2, -0.15) is 10.5 Å². The van der Waals surface area contributed by atoms with E-state index in [0.29, 0.717) is 31.8 Å². The Kier molecular flexibility index (Phi) is 6.59. The fraction of sp³-hybridized carbons (Fsp3) is 0.217.